The van der Waals surface area contributed by atoms with Gasteiger partial charge in [0.2, 0.25) is 0 Å². The summed E-state index contributed by atoms with van der Waals surface area (Å²) in [6.07, 6.45) is 18.2. The number of hydrogen-bond acceptors (Lipinski definition) is 1. The second-order valence-corrected chi connectivity index (χ2v) is 7.50. The highest BCUT2D eigenvalue weighted by atomic mass is 79.9. The molecule has 0 saturated carbocycles. The van der Waals surface area contributed by atoms with E-state index in [0.29, 0.717) is 11.2 Å². The van der Waals surface area contributed by atoms with Gasteiger partial charge in [-0.05, 0) is 19.3 Å². The fourth-order valence-electron chi connectivity index (χ4n) is 2.64. The van der Waals surface area contributed by atoms with Crippen molar-refractivity contribution in [1.29, 1.82) is 0 Å². The Morgan fingerprint density at radius 1 is 0.810 bits per heavy atom. The van der Waals surface area contributed by atoms with Crippen LogP contribution in [0.2, 0.25) is 0 Å². The van der Waals surface area contributed by atoms with Crippen molar-refractivity contribution in [3.05, 3.63) is 0 Å². The van der Waals surface area contributed by atoms with Gasteiger partial charge in [-0.15, -0.1) is 0 Å². The lowest BCUT2D eigenvalue weighted by molar-refractivity contribution is -0.137. The fraction of sp³-hybridized carbons (Fsp3) is 0.944. The van der Waals surface area contributed by atoms with E-state index in [1.807, 2.05) is 0 Å². The van der Waals surface area contributed by atoms with Gasteiger partial charge in [-0.2, -0.15) is 0 Å². The van der Waals surface area contributed by atoms with Crippen molar-refractivity contribution < 1.29 is 9.90 Å². The number of carboxylic acids is 1. The van der Waals surface area contributed by atoms with Crippen molar-refractivity contribution in [2.45, 2.75) is 108 Å². The molecule has 0 radical (unpaired) electrons. The Morgan fingerprint density at radius 3 is 1.71 bits per heavy atom. The van der Waals surface area contributed by atoms with Gasteiger partial charge in [-0.25, -0.2) is 0 Å². The highest BCUT2D eigenvalue weighted by molar-refractivity contribution is 9.09. The largest absolute Gasteiger partial charge is 0.481 e. The van der Waals surface area contributed by atoms with Gasteiger partial charge in [-0.3, -0.25) is 4.79 Å². The van der Waals surface area contributed by atoms with Crippen LogP contribution in [0.1, 0.15) is 103 Å². The minimum Gasteiger partial charge on any atom is -0.481 e. The lowest BCUT2D eigenvalue weighted by atomic mass is 10.0. The number of halogens is 1. The normalized spacial score (nSPS) is 12.5. The average molecular weight is 363 g/mol. The fourth-order valence-corrected chi connectivity index (χ4v) is 3.29. The highest BCUT2D eigenvalue weighted by Crippen LogP contribution is 2.19. The van der Waals surface area contributed by atoms with E-state index in [0.717, 1.165) is 12.8 Å². The second-order valence-electron chi connectivity index (χ2n) is 6.21. The Morgan fingerprint density at radius 2 is 1.24 bits per heavy atom. The third-order valence-corrected chi connectivity index (χ3v) is 4.94. The first kappa shape index (κ1) is 20.9. The molecule has 1 atom stereocenters. The van der Waals surface area contributed by atoms with Gasteiger partial charge in [0.25, 0.3) is 0 Å². The van der Waals surface area contributed by atoms with Crippen LogP contribution < -0.4 is 0 Å². The molecule has 0 saturated heterocycles. The van der Waals surface area contributed by atoms with Gasteiger partial charge in [0, 0.05) is 11.2 Å². The third kappa shape index (κ3) is 17.9. The summed E-state index contributed by atoms with van der Waals surface area (Å²) < 4.78 is 0. The van der Waals surface area contributed by atoms with Crippen molar-refractivity contribution in [3.63, 3.8) is 0 Å². The van der Waals surface area contributed by atoms with Crippen molar-refractivity contribution in [3.8, 4) is 0 Å². The smallest absolute Gasteiger partial charge is 0.303 e. The minimum absolute atomic E-state index is 0.333. The number of aliphatic carboxylic acids is 1. The summed E-state index contributed by atoms with van der Waals surface area (Å²) in [6, 6.07) is 0. The van der Waals surface area contributed by atoms with Crippen LogP contribution in [0.25, 0.3) is 0 Å². The zero-order valence-corrected chi connectivity index (χ0v) is 15.5. The summed E-state index contributed by atoms with van der Waals surface area (Å²) in [4.78, 5) is 11.1. The summed E-state index contributed by atoms with van der Waals surface area (Å²) in [5.41, 5.74) is 0. The van der Waals surface area contributed by atoms with Gasteiger partial charge < -0.3 is 5.11 Å². The Balaban J connectivity index is 3.16. The van der Waals surface area contributed by atoms with Gasteiger partial charge in [0.05, 0.1) is 0 Å². The van der Waals surface area contributed by atoms with E-state index >= 15 is 0 Å². The molecule has 2 nitrogen and oxygen atoms in total. The predicted octanol–water partition coefficient (Wildman–Crippen LogP) is 6.71. The number of rotatable bonds is 16. The van der Waals surface area contributed by atoms with Gasteiger partial charge in [0.15, 0.2) is 0 Å². The zero-order valence-electron chi connectivity index (χ0n) is 13.9. The maximum atomic E-state index is 10.4. The first-order valence-corrected chi connectivity index (χ1v) is 9.94. The van der Waals surface area contributed by atoms with Crippen LogP contribution in [0.5, 0.6) is 0 Å². The topological polar surface area (TPSA) is 37.3 Å². The quantitative estimate of drug-likeness (QED) is 0.244. The molecule has 1 unspecified atom stereocenters. The second kappa shape index (κ2) is 16.3. The summed E-state index contributed by atoms with van der Waals surface area (Å²) in [6.45, 7) is 2.27. The number of alkyl halides is 1. The monoisotopic (exact) mass is 362 g/mol. The molecule has 0 spiro atoms. The molecule has 0 aliphatic carbocycles. The van der Waals surface area contributed by atoms with Crippen LogP contribution in [-0.2, 0) is 4.79 Å². The van der Waals surface area contributed by atoms with E-state index in [1.165, 1.54) is 77.0 Å². The number of unbranched alkanes of at least 4 members (excludes halogenated alkanes) is 10. The summed E-state index contributed by atoms with van der Waals surface area (Å²) in [7, 11) is 0. The van der Waals surface area contributed by atoms with Gasteiger partial charge >= 0.3 is 5.97 Å². The standard InChI is InChI=1S/C18H35BrO2/c1-2-3-4-5-6-8-11-14-17(19)15-12-9-7-10-13-16-18(20)21/h17H,2-16H2,1H3,(H,20,21). The van der Waals surface area contributed by atoms with Crippen molar-refractivity contribution >= 4 is 21.9 Å². The molecule has 3 heteroatoms. The molecule has 0 aliphatic rings. The van der Waals surface area contributed by atoms with Crippen LogP contribution >= 0.6 is 15.9 Å². The van der Waals surface area contributed by atoms with E-state index in [1.54, 1.807) is 0 Å². The predicted molar refractivity (Wildman–Crippen MR) is 95.3 cm³/mol. The first-order valence-electron chi connectivity index (χ1n) is 9.02. The molecule has 0 aromatic carbocycles. The maximum absolute atomic E-state index is 10.4. The minimum atomic E-state index is -0.662. The molecule has 0 bridgehead atoms. The highest BCUT2D eigenvalue weighted by Gasteiger charge is 2.04. The molecule has 0 rings (SSSR count). The van der Waals surface area contributed by atoms with Crippen LogP contribution in [0.3, 0.4) is 0 Å². The third-order valence-electron chi connectivity index (χ3n) is 4.03. The Bertz CT molecular complexity index is 231. The average Bonchev–Trinajstić information content (AvgIpc) is 2.45. The van der Waals surface area contributed by atoms with E-state index < -0.39 is 5.97 Å². The van der Waals surface area contributed by atoms with Crippen molar-refractivity contribution in [2.24, 2.45) is 0 Å². The molecular weight excluding hydrogens is 328 g/mol. The SMILES string of the molecule is CCCCCCCCCC(Br)CCCCCCCC(=O)O. The summed E-state index contributed by atoms with van der Waals surface area (Å²) in [5.74, 6) is -0.662. The molecular formula is C18H35BrO2. The van der Waals surface area contributed by atoms with Crippen LogP contribution in [0.4, 0.5) is 0 Å². The molecule has 0 heterocycles. The molecule has 1 N–H and O–H groups in total. The number of carbonyl (C=O) groups is 1. The van der Waals surface area contributed by atoms with E-state index in [2.05, 4.69) is 22.9 Å². The molecule has 0 amide bonds. The van der Waals surface area contributed by atoms with Gasteiger partial charge in [0.1, 0.15) is 0 Å². The molecule has 0 fully saturated rings. The van der Waals surface area contributed by atoms with Crippen LogP contribution in [-0.4, -0.2) is 15.9 Å². The Labute approximate surface area is 140 Å². The van der Waals surface area contributed by atoms with Crippen molar-refractivity contribution in [2.75, 3.05) is 0 Å². The van der Waals surface area contributed by atoms with E-state index in [-0.39, 0.29) is 0 Å². The van der Waals surface area contributed by atoms with Crippen LogP contribution in [0, 0.1) is 0 Å². The summed E-state index contributed by atoms with van der Waals surface area (Å²) >= 11 is 3.80. The van der Waals surface area contributed by atoms with E-state index in [9.17, 15) is 4.79 Å². The maximum Gasteiger partial charge on any atom is 0.303 e. The lowest BCUT2D eigenvalue weighted by Crippen LogP contribution is -1.98. The first-order chi connectivity index (χ1) is 10.2. The van der Waals surface area contributed by atoms with Crippen molar-refractivity contribution in [1.82, 2.24) is 0 Å². The Kier molecular flexibility index (Phi) is 16.3. The van der Waals surface area contributed by atoms with Gasteiger partial charge in [-0.1, -0.05) is 93.5 Å². The van der Waals surface area contributed by atoms with Crippen LogP contribution in [0.15, 0.2) is 0 Å². The number of hydrogen-bond donors (Lipinski definition) is 1. The number of carboxylic acid groups (broad SMARTS) is 1. The zero-order chi connectivity index (χ0) is 15.8. The molecule has 0 aliphatic heterocycles. The Hall–Kier alpha value is -0.0500. The lowest BCUT2D eigenvalue weighted by Gasteiger charge is -2.09. The summed E-state index contributed by atoms with van der Waals surface area (Å²) in [5, 5.41) is 8.55. The molecule has 126 valence electrons. The van der Waals surface area contributed by atoms with E-state index in [4.69, 9.17) is 5.11 Å². The molecule has 21 heavy (non-hydrogen) atoms. The molecule has 0 aromatic heterocycles. The molecule has 0 aromatic rings.